The van der Waals surface area contributed by atoms with E-state index in [0.29, 0.717) is 25.2 Å². The van der Waals surface area contributed by atoms with E-state index in [-0.39, 0.29) is 5.56 Å². The van der Waals surface area contributed by atoms with Crippen LogP contribution in [0.15, 0.2) is 41.2 Å². The summed E-state index contributed by atoms with van der Waals surface area (Å²) in [5.74, 6) is 3.35. The topological polar surface area (TPSA) is 57.8 Å². The zero-order chi connectivity index (χ0) is 19.1. The quantitative estimate of drug-likeness (QED) is 0.861. The minimum atomic E-state index is -0.0318. The number of piperidine rings is 1. The third kappa shape index (κ3) is 3.26. The van der Waals surface area contributed by atoms with E-state index in [4.69, 9.17) is 9.47 Å². The molecular weight excluding hydrogens is 354 g/mol. The maximum absolute atomic E-state index is 12.4. The number of H-pyrrole nitrogens is 1. The van der Waals surface area contributed by atoms with E-state index in [1.165, 1.54) is 12.0 Å². The van der Waals surface area contributed by atoms with Gasteiger partial charge in [-0.2, -0.15) is 0 Å². The molecule has 0 amide bonds. The number of hydrogen-bond acceptors (Lipinski definition) is 5. The van der Waals surface area contributed by atoms with Crippen LogP contribution in [0.25, 0.3) is 0 Å². The Hall–Kier alpha value is -2.47. The first-order valence-electron chi connectivity index (χ1n) is 10.2. The van der Waals surface area contributed by atoms with Crippen LogP contribution in [-0.2, 0) is 11.2 Å². The predicted octanol–water partition coefficient (Wildman–Crippen LogP) is 2.29. The van der Waals surface area contributed by atoms with Crippen molar-refractivity contribution in [2.45, 2.75) is 18.9 Å². The van der Waals surface area contributed by atoms with E-state index in [1.807, 2.05) is 12.1 Å². The summed E-state index contributed by atoms with van der Waals surface area (Å²) in [7, 11) is 1.73. The van der Waals surface area contributed by atoms with Crippen molar-refractivity contribution in [3.8, 4) is 5.75 Å². The van der Waals surface area contributed by atoms with Crippen molar-refractivity contribution in [1.29, 1.82) is 0 Å². The number of nitrogens with one attached hydrogen (secondary N) is 1. The Morgan fingerprint density at radius 3 is 2.86 bits per heavy atom. The van der Waals surface area contributed by atoms with Crippen LogP contribution in [0.4, 0.5) is 11.5 Å². The first-order valence-corrected chi connectivity index (χ1v) is 10.2. The molecule has 6 nitrogen and oxygen atoms in total. The van der Waals surface area contributed by atoms with Crippen molar-refractivity contribution in [3.63, 3.8) is 0 Å². The molecule has 148 valence electrons. The third-order valence-corrected chi connectivity index (χ3v) is 6.43. The molecule has 2 saturated heterocycles. The van der Waals surface area contributed by atoms with Gasteiger partial charge in [-0.15, -0.1) is 0 Å². The second-order valence-corrected chi connectivity index (χ2v) is 8.08. The first kappa shape index (κ1) is 17.6. The summed E-state index contributed by atoms with van der Waals surface area (Å²) in [6.45, 7) is 4.11. The van der Waals surface area contributed by atoms with Gasteiger partial charge in [0.2, 0.25) is 0 Å². The lowest BCUT2D eigenvalue weighted by atomic mass is 10.0. The number of nitrogens with zero attached hydrogens (tertiary/aromatic N) is 2. The van der Waals surface area contributed by atoms with Crippen molar-refractivity contribution in [3.05, 3.63) is 52.3 Å². The summed E-state index contributed by atoms with van der Waals surface area (Å²) in [5.41, 5.74) is 2.20. The summed E-state index contributed by atoms with van der Waals surface area (Å²) in [6, 6.07) is 12.5. The highest BCUT2D eigenvalue weighted by molar-refractivity contribution is 5.57. The van der Waals surface area contributed by atoms with Crippen molar-refractivity contribution in [1.82, 2.24) is 4.98 Å². The van der Waals surface area contributed by atoms with Gasteiger partial charge >= 0.3 is 0 Å². The van der Waals surface area contributed by atoms with Gasteiger partial charge in [0, 0.05) is 43.5 Å². The molecule has 1 N–H and O–H groups in total. The molecule has 0 spiro atoms. The molecule has 5 rings (SSSR count). The number of ether oxygens (including phenoxy) is 2. The molecule has 2 aromatic rings. The fourth-order valence-electron chi connectivity index (χ4n) is 4.88. The van der Waals surface area contributed by atoms with E-state index >= 15 is 0 Å². The smallest absolute Gasteiger partial charge is 0.251 e. The number of anilines is 2. The van der Waals surface area contributed by atoms with Crippen LogP contribution >= 0.6 is 0 Å². The second kappa shape index (κ2) is 7.17. The zero-order valence-electron chi connectivity index (χ0n) is 16.3. The number of fused-ring (bicyclic) bond motifs is 1. The van der Waals surface area contributed by atoms with E-state index in [2.05, 4.69) is 33.0 Å². The van der Waals surface area contributed by atoms with Gasteiger partial charge in [0.1, 0.15) is 11.6 Å². The van der Waals surface area contributed by atoms with Gasteiger partial charge < -0.3 is 24.3 Å². The van der Waals surface area contributed by atoms with Crippen LogP contribution in [0, 0.1) is 11.8 Å². The lowest BCUT2D eigenvalue weighted by Crippen LogP contribution is -2.39. The van der Waals surface area contributed by atoms with Crippen LogP contribution in [0.1, 0.15) is 12.0 Å². The van der Waals surface area contributed by atoms with Gasteiger partial charge in [0.25, 0.3) is 5.56 Å². The molecular formula is C22H27N3O3. The monoisotopic (exact) mass is 381 g/mol. The van der Waals surface area contributed by atoms with Crippen LogP contribution in [-0.4, -0.2) is 51.0 Å². The molecule has 1 aliphatic carbocycles. The second-order valence-electron chi connectivity index (χ2n) is 8.08. The summed E-state index contributed by atoms with van der Waals surface area (Å²) in [5, 5.41) is 0. The van der Waals surface area contributed by atoms with Gasteiger partial charge in [-0.3, -0.25) is 4.79 Å². The number of para-hydroxylation sites is 1. The number of aromatic nitrogens is 1. The molecule has 3 unspecified atom stereocenters. The summed E-state index contributed by atoms with van der Waals surface area (Å²) >= 11 is 0. The zero-order valence-corrected chi connectivity index (χ0v) is 16.3. The van der Waals surface area contributed by atoms with Crippen molar-refractivity contribution < 1.29 is 9.47 Å². The number of morpholine rings is 1. The van der Waals surface area contributed by atoms with Gasteiger partial charge in [0.15, 0.2) is 0 Å². The lowest BCUT2D eigenvalue weighted by molar-refractivity contribution is 0.122. The predicted molar refractivity (Wildman–Crippen MR) is 110 cm³/mol. The van der Waals surface area contributed by atoms with E-state index in [9.17, 15) is 4.79 Å². The molecule has 0 radical (unpaired) electrons. The number of pyridine rings is 1. The summed E-state index contributed by atoms with van der Waals surface area (Å²) in [4.78, 5) is 20.2. The highest BCUT2D eigenvalue weighted by Gasteiger charge is 2.52. The van der Waals surface area contributed by atoms with Gasteiger partial charge in [-0.25, -0.2) is 0 Å². The van der Waals surface area contributed by atoms with Crippen LogP contribution in [0.2, 0.25) is 0 Å². The summed E-state index contributed by atoms with van der Waals surface area (Å²) < 4.78 is 11.0. The standard InChI is InChI=1S/C22H27N3O3/c1-27-20-5-3-2-4-15(20)11-19-18-10-16(18)14-25(19)21-12-17(13-22(26)23-21)24-6-8-28-9-7-24/h2-5,12-13,16,18-19H,6-11,14H2,1H3,(H,23,26). The van der Waals surface area contributed by atoms with Crippen molar-refractivity contribution in [2.24, 2.45) is 11.8 Å². The summed E-state index contributed by atoms with van der Waals surface area (Å²) in [6.07, 6.45) is 2.23. The number of methoxy groups -OCH3 is 1. The Morgan fingerprint density at radius 2 is 2.04 bits per heavy atom. The van der Waals surface area contributed by atoms with E-state index < -0.39 is 0 Å². The minimum Gasteiger partial charge on any atom is -0.496 e. The maximum Gasteiger partial charge on any atom is 0.251 e. The number of benzene rings is 1. The molecule has 0 bridgehead atoms. The molecule has 3 heterocycles. The largest absolute Gasteiger partial charge is 0.496 e. The fourth-order valence-corrected chi connectivity index (χ4v) is 4.88. The van der Waals surface area contributed by atoms with Crippen LogP contribution in [0.3, 0.4) is 0 Å². The molecule has 2 aliphatic heterocycles. The molecule has 3 atom stereocenters. The van der Waals surface area contributed by atoms with Gasteiger partial charge in [-0.1, -0.05) is 18.2 Å². The normalized spacial score (nSPS) is 26.2. The van der Waals surface area contributed by atoms with E-state index in [0.717, 1.165) is 49.2 Å². The lowest BCUT2D eigenvalue weighted by Gasteiger charge is -2.32. The number of rotatable bonds is 5. The molecule has 1 aromatic carbocycles. The number of aromatic amines is 1. The van der Waals surface area contributed by atoms with Crippen molar-refractivity contribution in [2.75, 3.05) is 49.8 Å². The minimum absolute atomic E-state index is 0.0318. The molecule has 28 heavy (non-hydrogen) atoms. The van der Waals surface area contributed by atoms with E-state index in [1.54, 1.807) is 13.2 Å². The Morgan fingerprint density at radius 1 is 1.21 bits per heavy atom. The molecule has 6 heteroatoms. The maximum atomic E-state index is 12.4. The highest BCUT2D eigenvalue weighted by Crippen LogP contribution is 2.51. The Labute approximate surface area is 165 Å². The van der Waals surface area contributed by atoms with Crippen LogP contribution in [0.5, 0.6) is 5.75 Å². The molecule has 1 aromatic heterocycles. The van der Waals surface area contributed by atoms with Gasteiger partial charge in [0.05, 0.1) is 20.3 Å². The Balaban J connectivity index is 1.43. The average molecular weight is 381 g/mol. The third-order valence-electron chi connectivity index (χ3n) is 6.43. The molecule has 3 aliphatic rings. The number of hydrogen-bond donors (Lipinski definition) is 1. The van der Waals surface area contributed by atoms with Crippen LogP contribution < -0.4 is 20.1 Å². The average Bonchev–Trinajstić information content (AvgIpc) is 3.42. The Kier molecular flexibility index (Phi) is 4.51. The first-order chi connectivity index (χ1) is 13.7. The molecule has 3 fully saturated rings. The Bertz CT molecular complexity index is 906. The fraction of sp³-hybridized carbons (Fsp3) is 0.500. The molecule has 1 saturated carbocycles. The SMILES string of the molecule is COc1ccccc1CC1C2CC2CN1c1cc(N2CCOCC2)cc(=O)[nH]1. The van der Waals surface area contributed by atoms with Gasteiger partial charge in [-0.05, 0) is 36.3 Å². The highest BCUT2D eigenvalue weighted by atomic mass is 16.5. The van der Waals surface area contributed by atoms with Crippen molar-refractivity contribution >= 4 is 11.5 Å².